The van der Waals surface area contributed by atoms with Gasteiger partial charge in [0.2, 0.25) is 0 Å². The van der Waals surface area contributed by atoms with E-state index in [4.69, 9.17) is 5.73 Å². The molecule has 1 atom stereocenters. The Bertz CT molecular complexity index is 500. The second-order valence-corrected chi connectivity index (χ2v) is 5.77. The van der Waals surface area contributed by atoms with Crippen molar-refractivity contribution >= 4 is 17.4 Å². The van der Waals surface area contributed by atoms with Crippen LogP contribution in [0.3, 0.4) is 0 Å². The van der Waals surface area contributed by atoms with E-state index in [9.17, 15) is 4.79 Å². The molecule has 19 heavy (non-hydrogen) atoms. The molecule has 0 aromatic heterocycles. The highest BCUT2D eigenvalue weighted by atomic mass is 16.2. The molecule has 2 aliphatic rings. The van der Waals surface area contributed by atoms with E-state index in [1.807, 2.05) is 28.0 Å². The molecule has 3 rings (SSSR count). The molecule has 0 spiro atoms. The fraction of sp³-hybridized carbons (Fsp3) is 0.533. The van der Waals surface area contributed by atoms with Gasteiger partial charge in [-0.3, -0.25) is 4.90 Å². The van der Waals surface area contributed by atoms with Crippen molar-refractivity contribution in [3.05, 3.63) is 23.8 Å². The van der Waals surface area contributed by atoms with Crippen molar-refractivity contribution in [3.63, 3.8) is 0 Å². The molecule has 1 saturated heterocycles. The van der Waals surface area contributed by atoms with Crippen molar-refractivity contribution < 1.29 is 4.79 Å². The summed E-state index contributed by atoms with van der Waals surface area (Å²) < 4.78 is 0. The quantitative estimate of drug-likeness (QED) is 0.728. The number of urea groups is 1. The maximum absolute atomic E-state index is 12.6. The Hall–Kier alpha value is -1.71. The number of likely N-dealkylation sites (tertiary alicyclic amines) is 1. The Labute approximate surface area is 114 Å². The predicted molar refractivity (Wildman–Crippen MR) is 77.3 cm³/mol. The summed E-state index contributed by atoms with van der Waals surface area (Å²) >= 11 is 0. The van der Waals surface area contributed by atoms with Crippen LogP contribution >= 0.6 is 0 Å². The van der Waals surface area contributed by atoms with Crippen molar-refractivity contribution in [2.75, 3.05) is 30.3 Å². The number of nitrogen functional groups attached to an aromatic ring is 1. The van der Waals surface area contributed by atoms with Gasteiger partial charge >= 0.3 is 6.03 Å². The van der Waals surface area contributed by atoms with Gasteiger partial charge in [0.05, 0.1) is 5.69 Å². The standard InChI is InChI=1S/C15H21N3O/c1-11-3-2-7-17(10-11)15(19)18-8-6-12-4-5-13(16)9-14(12)18/h4-5,9,11H,2-3,6-8,10,16H2,1H3. The Kier molecular flexibility index (Phi) is 3.09. The molecule has 0 radical (unpaired) electrons. The van der Waals surface area contributed by atoms with Gasteiger partial charge in [0.25, 0.3) is 0 Å². The minimum absolute atomic E-state index is 0.149. The molecule has 0 bridgehead atoms. The fourth-order valence-electron chi connectivity index (χ4n) is 3.13. The van der Waals surface area contributed by atoms with Crippen molar-refractivity contribution in [2.45, 2.75) is 26.2 Å². The SMILES string of the molecule is CC1CCCN(C(=O)N2CCc3ccc(N)cc32)C1. The minimum Gasteiger partial charge on any atom is -0.399 e. The number of nitrogens with zero attached hydrogens (tertiary/aromatic N) is 2. The van der Waals surface area contributed by atoms with Crippen LogP contribution in [0, 0.1) is 5.92 Å². The van der Waals surface area contributed by atoms with Crippen molar-refractivity contribution in [2.24, 2.45) is 5.92 Å². The predicted octanol–water partition coefficient (Wildman–Crippen LogP) is 2.48. The zero-order chi connectivity index (χ0) is 13.4. The molecule has 1 aromatic carbocycles. The van der Waals surface area contributed by atoms with E-state index in [0.29, 0.717) is 5.92 Å². The normalized spacial score (nSPS) is 22.5. The number of nitrogens with two attached hydrogens (primary N) is 1. The first-order valence-corrected chi connectivity index (χ1v) is 7.10. The minimum atomic E-state index is 0.149. The molecule has 2 aliphatic heterocycles. The van der Waals surface area contributed by atoms with Crippen LogP contribution in [-0.2, 0) is 6.42 Å². The lowest BCUT2D eigenvalue weighted by Gasteiger charge is -2.34. The van der Waals surface area contributed by atoms with Crippen LogP contribution in [0.4, 0.5) is 16.2 Å². The molecule has 0 aliphatic carbocycles. The summed E-state index contributed by atoms with van der Waals surface area (Å²) in [7, 11) is 0. The molecule has 102 valence electrons. The number of piperidine rings is 1. The van der Waals surface area contributed by atoms with Crippen LogP contribution < -0.4 is 10.6 Å². The number of hydrogen-bond acceptors (Lipinski definition) is 2. The molecule has 2 heterocycles. The van der Waals surface area contributed by atoms with Gasteiger partial charge in [-0.15, -0.1) is 0 Å². The van der Waals surface area contributed by atoms with Crippen LogP contribution in [-0.4, -0.2) is 30.6 Å². The fourth-order valence-corrected chi connectivity index (χ4v) is 3.13. The summed E-state index contributed by atoms with van der Waals surface area (Å²) in [5.41, 5.74) is 8.80. The van der Waals surface area contributed by atoms with Gasteiger partial charge in [-0.1, -0.05) is 13.0 Å². The third-order valence-corrected chi connectivity index (χ3v) is 4.16. The van der Waals surface area contributed by atoms with E-state index in [0.717, 1.165) is 43.9 Å². The summed E-state index contributed by atoms with van der Waals surface area (Å²) in [5, 5.41) is 0. The number of benzene rings is 1. The lowest BCUT2D eigenvalue weighted by Crippen LogP contribution is -2.46. The van der Waals surface area contributed by atoms with Gasteiger partial charge in [0, 0.05) is 25.3 Å². The number of carbonyl (C=O) groups excluding carboxylic acids is 1. The second-order valence-electron chi connectivity index (χ2n) is 5.77. The second kappa shape index (κ2) is 4.76. The summed E-state index contributed by atoms with van der Waals surface area (Å²) in [6.45, 7) is 4.77. The number of hydrogen-bond donors (Lipinski definition) is 1. The molecule has 4 nitrogen and oxygen atoms in total. The highest BCUT2D eigenvalue weighted by molar-refractivity contribution is 5.94. The summed E-state index contributed by atoms with van der Waals surface area (Å²) in [4.78, 5) is 16.5. The highest BCUT2D eigenvalue weighted by Crippen LogP contribution is 2.31. The van der Waals surface area contributed by atoms with Crippen LogP contribution in [0.2, 0.25) is 0 Å². The zero-order valence-electron chi connectivity index (χ0n) is 11.4. The van der Waals surface area contributed by atoms with E-state index >= 15 is 0 Å². The zero-order valence-corrected chi connectivity index (χ0v) is 11.4. The highest BCUT2D eigenvalue weighted by Gasteiger charge is 2.30. The maximum atomic E-state index is 12.6. The Morgan fingerprint density at radius 3 is 3.00 bits per heavy atom. The van der Waals surface area contributed by atoms with Gasteiger partial charge in [0.1, 0.15) is 0 Å². The first kappa shape index (κ1) is 12.3. The molecule has 1 unspecified atom stereocenters. The molecular weight excluding hydrogens is 238 g/mol. The van der Waals surface area contributed by atoms with Crippen molar-refractivity contribution in [1.82, 2.24) is 4.90 Å². The molecular formula is C15H21N3O. The lowest BCUT2D eigenvalue weighted by atomic mass is 10.0. The largest absolute Gasteiger partial charge is 0.399 e. The van der Waals surface area contributed by atoms with Crippen LogP contribution in [0.1, 0.15) is 25.3 Å². The van der Waals surface area contributed by atoms with E-state index in [1.54, 1.807) is 0 Å². The topological polar surface area (TPSA) is 49.6 Å². The Balaban J connectivity index is 1.81. The van der Waals surface area contributed by atoms with Gasteiger partial charge in [-0.2, -0.15) is 0 Å². The van der Waals surface area contributed by atoms with Gasteiger partial charge in [-0.05, 0) is 42.9 Å². The third-order valence-electron chi connectivity index (χ3n) is 4.16. The Morgan fingerprint density at radius 2 is 2.21 bits per heavy atom. The first-order valence-electron chi connectivity index (χ1n) is 7.10. The molecule has 4 heteroatoms. The number of fused-ring (bicyclic) bond motifs is 1. The van der Waals surface area contributed by atoms with Crippen LogP contribution in [0.5, 0.6) is 0 Å². The summed E-state index contributed by atoms with van der Waals surface area (Å²) in [6, 6.07) is 6.02. The molecule has 2 amide bonds. The van der Waals surface area contributed by atoms with E-state index in [2.05, 4.69) is 6.92 Å². The number of anilines is 2. The molecule has 2 N–H and O–H groups in total. The first-order chi connectivity index (χ1) is 9.15. The lowest BCUT2D eigenvalue weighted by molar-refractivity contribution is 0.176. The molecule has 1 aromatic rings. The maximum Gasteiger partial charge on any atom is 0.324 e. The Morgan fingerprint density at radius 1 is 1.37 bits per heavy atom. The van der Waals surface area contributed by atoms with Crippen molar-refractivity contribution in [1.29, 1.82) is 0 Å². The third kappa shape index (κ3) is 2.27. The average Bonchev–Trinajstić information content (AvgIpc) is 2.80. The number of amides is 2. The van der Waals surface area contributed by atoms with Gasteiger partial charge in [0.15, 0.2) is 0 Å². The van der Waals surface area contributed by atoms with E-state index in [-0.39, 0.29) is 6.03 Å². The smallest absolute Gasteiger partial charge is 0.324 e. The van der Waals surface area contributed by atoms with Gasteiger partial charge < -0.3 is 10.6 Å². The van der Waals surface area contributed by atoms with Gasteiger partial charge in [-0.25, -0.2) is 4.79 Å². The van der Waals surface area contributed by atoms with E-state index in [1.165, 1.54) is 12.0 Å². The number of rotatable bonds is 0. The van der Waals surface area contributed by atoms with E-state index < -0.39 is 0 Å². The molecule has 0 saturated carbocycles. The average molecular weight is 259 g/mol. The van der Waals surface area contributed by atoms with Crippen molar-refractivity contribution in [3.8, 4) is 0 Å². The monoisotopic (exact) mass is 259 g/mol. The van der Waals surface area contributed by atoms with Crippen LogP contribution in [0.25, 0.3) is 0 Å². The summed E-state index contributed by atoms with van der Waals surface area (Å²) in [5.74, 6) is 0.612. The van der Waals surface area contributed by atoms with Crippen LogP contribution in [0.15, 0.2) is 18.2 Å². The number of carbonyl (C=O) groups is 1. The molecule has 1 fully saturated rings. The summed E-state index contributed by atoms with van der Waals surface area (Å²) in [6.07, 6.45) is 3.28.